The lowest BCUT2D eigenvalue weighted by Crippen LogP contribution is -2.39. The van der Waals surface area contributed by atoms with Crippen molar-refractivity contribution in [1.82, 2.24) is 4.90 Å². The molecule has 2 amide bonds. The second kappa shape index (κ2) is 8.46. The van der Waals surface area contributed by atoms with E-state index in [1.165, 1.54) is 30.2 Å². The molecule has 0 fully saturated rings. The second-order valence-electron chi connectivity index (χ2n) is 4.13. The Balaban J connectivity index is 2.76. The van der Waals surface area contributed by atoms with Gasteiger partial charge in [0, 0.05) is 25.9 Å². The minimum Gasteiger partial charge on any atom is -0.478 e. The summed E-state index contributed by atoms with van der Waals surface area (Å²) in [6.45, 7) is 0.655. The molecule has 1 aromatic carbocycles. The first kappa shape index (κ1) is 17.2. The van der Waals surface area contributed by atoms with Crippen LogP contribution in [0.3, 0.4) is 0 Å². The number of nitrogens with zero attached hydrogens (tertiary/aromatic N) is 1. The monoisotopic (exact) mass is 316 g/mol. The Bertz CT molecular complexity index is 509. The van der Waals surface area contributed by atoms with Crippen LogP contribution in [0.4, 0.5) is 10.5 Å². The van der Waals surface area contributed by atoms with Crippen molar-refractivity contribution in [1.29, 1.82) is 0 Å². The Labute approximate surface area is 127 Å². The molecular weight excluding hydrogens is 300 g/mol. The van der Waals surface area contributed by atoms with Crippen LogP contribution in [0.2, 0.25) is 5.02 Å². The van der Waals surface area contributed by atoms with E-state index in [1.807, 2.05) is 0 Å². The molecule has 0 atom stereocenters. The Morgan fingerprint density at radius 2 is 2.10 bits per heavy atom. The molecule has 0 aliphatic carbocycles. The molecule has 0 aliphatic heterocycles. The molecule has 3 N–H and O–H groups in total. The van der Waals surface area contributed by atoms with Gasteiger partial charge in [0.2, 0.25) is 0 Å². The second-order valence-corrected chi connectivity index (χ2v) is 4.54. The van der Waals surface area contributed by atoms with E-state index >= 15 is 0 Å². The number of methoxy groups -OCH3 is 1. The number of aliphatic hydroxyl groups is 1. The predicted octanol–water partition coefficient (Wildman–Crippen LogP) is 1.51. The van der Waals surface area contributed by atoms with Crippen molar-refractivity contribution >= 4 is 29.3 Å². The van der Waals surface area contributed by atoms with E-state index in [0.29, 0.717) is 18.8 Å². The minimum absolute atomic E-state index is 0.0332. The first-order chi connectivity index (χ1) is 9.99. The fourth-order valence-electron chi connectivity index (χ4n) is 1.61. The van der Waals surface area contributed by atoms with Crippen LogP contribution in [0, 0.1) is 0 Å². The number of anilines is 1. The van der Waals surface area contributed by atoms with Crippen molar-refractivity contribution in [3.63, 3.8) is 0 Å². The number of hydrogen-bond donors (Lipinski definition) is 3. The lowest BCUT2D eigenvalue weighted by Gasteiger charge is -2.21. The largest absolute Gasteiger partial charge is 0.478 e. The lowest BCUT2D eigenvalue weighted by atomic mass is 10.2. The van der Waals surface area contributed by atoms with E-state index in [-0.39, 0.29) is 23.7 Å². The van der Waals surface area contributed by atoms with Crippen LogP contribution < -0.4 is 5.32 Å². The number of hydrogen-bond acceptors (Lipinski definition) is 4. The van der Waals surface area contributed by atoms with Gasteiger partial charge in [-0.15, -0.1) is 0 Å². The maximum atomic E-state index is 12.0. The van der Waals surface area contributed by atoms with Gasteiger partial charge in [-0.2, -0.15) is 0 Å². The summed E-state index contributed by atoms with van der Waals surface area (Å²) in [4.78, 5) is 24.2. The summed E-state index contributed by atoms with van der Waals surface area (Å²) in [6, 6.07) is 3.68. The van der Waals surface area contributed by atoms with Gasteiger partial charge in [-0.25, -0.2) is 9.59 Å². The van der Waals surface area contributed by atoms with Gasteiger partial charge in [-0.3, -0.25) is 0 Å². The number of amides is 2. The molecule has 0 aromatic heterocycles. The van der Waals surface area contributed by atoms with Crippen molar-refractivity contribution < 1.29 is 24.5 Å². The van der Waals surface area contributed by atoms with Gasteiger partial charge < -0.3 is 25.2 Å². The number of rotatable bonds is 7. The number of nitrogens with one attached hydrogen (secondary N) is 1. The minimum atomic E-state index is -1.14. The molecule has 116 valence electrons. The number of carboxylic acid groups (broad SMARTS) is 1. The average Bonchev–Trinajstić information content (AvgIpc) is 2.43. The summed E-state index contributed by atoms with van der Waals surface area (Å²) < 4.78 is 4.89. The molecule has 8 heteroatoms. The van der Waals surface area contributed by atoms with Gasteiger partial charge in [0.05, 0.1) is 23.8 Å². The number of aromatic carboxylic acids is 1. The van der Waals surface area contributed by atoms with E-state index in [1.54, 1.807) is 0 Å². The molecule has 0 saturated carbocycles. The summed E-state index contributed by atoms with van der Waals surface area (Å²) in [5.41, 5.74) is 0.330. The zero-order chi connectivity index (χ0) is 15.8. The molecular formula is C13H17ClN2O5. The van der Waals surface area contributed by atoms with Crippen molar-refractivity contribution in [3.05, 3.63) is 28.8 Å². The van der Waals surface area contributed by atoms with Gasteiger partial charge in [-0.1, -0.05) is 11.6 Å². The molecule has 0 unspecified atom stereocenters. The third-order valence-corrected chi connectivity index (χ3v) is 2.99. The zero-order valence-electron chi connectivity index (χ0n) is 11.5. The Morgan fingerprint density at radius 3 is 2.62 bits per heavy atom. The normalized spacial score (nSPS) is 10.2. The molecule has 1 aromatic rings. The third-order valence-electron chi connectivity index (χ3n) is 2.67. The fourth-order valence-corrected chi connectivity index (χ4v) is 1.87. The molecule has 0 radical (unpaired) electrons. The van der Waals surface area contributed by atoms with Crippen LogP contribution in [0.5, 0.6) is 0 Å². The highest BCUT2D eigenvalue weighted by Gasteiger charge is 2.14. The van der Waals surface area contributed by atoms with Crippen LogP contribution in [-0.2, 0) is 4.74 Å². The van der Waals surface area contributed by atoms with E-state index in [2.05, 4.69) is 5.32 Å². The molecule has 21 heavy (non-hydrogen) atoms. The number of aliphatic hydroxyl groups excluding tert-OH is 1. The SMILES string of the molecule is COCCN(CCO)C(=O)Nc1ccc(C(=O)O)c(Cl)c1. The average molecular weight is 317 g/mol. The maximum absolute atomic E-state index is 12.0. The Kier molecular flexibility index (Phi) is 6.93. The number of carboxylic acids is 1. The number of carbonyl (C=O) groups excluding carboxylic acids is 1. The number of ether oxygens (including phenoxy) is 1. The van der Waals surface area contributed by atoms with Gasteiger partial charge in [0.15, 0.2) is 0 Å². The molecule has 0 bridgehead atoms. The van der Waals surface area contributed by atoms with E-state index in [0.717, 1.165) is 0 Å². The van der Waals surface area contributed by atoms with Gasteiger partial charge in [0.25, 0.3) is 0 Å². The first-order valence-corrected chi connectivity index (χ1v) is 6.56. The highest BCUT2D eigenvalue weighted by Crippen LogP contribution is 2.21. The topological polar surface area (TPSA) is 99.1 Å². The summed E-state index contributed by atoms with van der Waals surface area (Å²) in [7, 11) is 1.51. The van der Waals surface area contributed by atoms with Gasteiger partial charge in [0.1, 0.15) is 0 Å². The summed E-state index contributed by atoms with van der Waals surface area (Å²) in [5, 5.41) is 20.4. The molecule has 7 nitrogen and oxygen atoms in total. The van der Waals surface area contributed by atoms with Crippen LogP contribution in [-0.4, -0.2) is 60.5 Å². The molecule has 0 heterocycles. The molecule has 0 spiro atoms. The highest BCUT2D eigenvalue weighted by atomic mass is 35.5. The van der Waals surface area contributed by atoms with E-state index in [9.17, 15) is 9.59 Å². The number of carbonyl (C=O) groups is 2. The fraction of sp³-hybridized carbons (Fsp3) is 0.385. The molecule has 1 rings (SSSR count). The van der Waals surface area contributed by atoms with Crippen LogP contribution in [0.25, 0.3) is 0 Å². The van der Waals surface area contributed by atoms with E-state index < -0.39 is 12.0 Å². The summed E-state index contributed by atoms with van der Waals surface area (Å²) >= 11 is 5.83. The highest BCUT2D eigenvalue weighted by molar-refractivity contribution is 6.33. The number of halogens is 1. The van der Waals surface area contributed by atoms with Crippen molar-refractivity contribution in [3.8, 4) is 0 Å². The smallest absolute Gasteiger partial charge is 0.337 e. The molecule has 0 aliphatic rings. The van der Waals surface area contributed by atoms with Crippen molar-refractivity contribution in [2.75, 3.05) is 38.7 Å². The van der Waals surface area contributed by atoms with Crippen LogP contribution in [0.15, 0.2) is 18.2 Å². The lowest BCUT2D eigenvalue weighted by molar-refractivity contribution is 0.0697. The quantitative estimate of drug-likeness (QED) is 0.708. The molecule has 0 saturated heterocycles. The van der Waals surface area contributed by atoms with E-state index in [4.69, 9.17) is 26.6 Å². The van der Waals surface area contributed by atoms with Crippen molar-refractivity contribution in [2.24, 2.45) is 0 Å². The van der Waals surface area contributed by atoms with Crippen LogP contribution >= 0.6 is 11.6 Å². The predicted molar refractivity (Wildman–Crippen MR) is 78.0 cm³/mol. The zero-order valence-corrected chi connectivity index (χ0v) is 12.3. The maximum Gasteiger partial charge on any atom is 0.337 e. The first-order valence-electron chi connectivity index (χ1n) is 6.18. The summed E-state index contributed by atoms with van der Waals surface area (Å²) in [6.07, 6.45) is 0. The van der Waals surface area contributed by atoms with Gasteiger partial charge in [-0.05, 0) is 18.2 Å². The standard InChI is InChI=1S/C13H17ClN2O5/c1-21-7-5-16(4-6-17)13(20)15-9-2-3-10(12(18)19)11(14)8-9/h2-3,8,17H,4-7H2,1H3,(H,15,20)(H,18,19). The Morgan fingerprint density at radius 1 is 1.38 bits per heavy atom. The number of urea groups is 1. The van der Waals surface area contributed by atoms with Crippen LogP contribution in [0.1, 0.15) is 10.4 Å². The summed E-state index contributed by atoms with van der Waals surface area (Å²) in [5.74, 6) is -1.14. The third kappa shape index (κ3) is 5.22. The van der Waals surface area contributed by atoms with Crippen molar-refractivity contribution in [2.45, 2.75) is 0 Å². The Hall–Kier alpha value is -1.83. The number of benzene rings is 1. The van der Waals surface area contributed by atoms with Gasteiger partial charge >= 0.3 is 12.0 Å².